The summed E-state index contributed by atoms with van der Waals surface area (Å²) in [6.07, 6.45) is 6.74. The highest BCUT2D eigenvalue weighted by Gasteiger charge is 2.17. The molecule has 0 atom stereocenters. The average molecular weight is 122 g/mol. The smallest absolute Gasteiger partial charge is 0.0138 e. The van der Waals surface area contributed by atoms with Crippen molar-refractivity contribution in [1.29, 1.82) is 0 Å². The third kappa shape index (κ3) is 1.70. The molecule has 50 valence electrons. The van der Waals surface area contributed by atoms with Crippen LogP contribution in [0.4, 0.5) is 0 Å². The van der Waals surface area contributed by atoms with Crippen molar-refractivity contribution in [3.63, 3.8) is 0 Å². The first kappa shape index (κ1) is 6.60. The second-order valence-corrected chi connectivity index (χ2v) is 3.52. The summed E-state index contributed by atoms with van der Waals surface area (Å²) in [7, 11) is 0. The van der Waals surface area contributed by atoms with Gasteiger partial charge in [0.1, 0.15) is 0 Å². The summed E-state index contributed by atoms with van der Waals surface area (Å²) in [6.45, 7) is 8.45. The lowest BCUT2D eigenvalue weighted by Gasteiger charge is -2.24. The average Bonchev–Trinajstić information content (AvgIpc) is 1.60. The first-order chi connectivity index (χ1) is 4.10. The van der Waals surface area contributed by atoms with Crippen LogP contribution in [0, 0.1) is 5.41 Å². The highest BCUT2D eigenvalue weighted by molar-refractivity contribution is 5.14. The molecule has 0 heterocycles. The van der Waals surface area contributed by atoms with Crippen molar-refractivity contribution >= 4 is 0 Å². The molecule has 1 aliphatic carbocycles. The Labute approximate surface area is 57.3 Å². The van der Waals surface area contributed by atoms with Gasteiger partial charge in [-0.15, -0.1) is 0 Å². The molecule has 0 aromatic rings. The van der Waals surface area contributed by atoms with Crippen LogP contribution in [0.5, 0.6) is 0 Å². The molecule has 0 saturated carbocycles. The topological polar surface area (TPSA) is 0 Å². The minimum absolute atomic E-state index is 0.370. The van der Waals surface area contributed by atoms with Crippen LogP contribution in [-0.4, -0.2) is 0 Å². The minimum Gasteiger partial charge on any atom is -0.0995 e. The Morgan fingerprint density at radius 1 is 1.56 bits per heavy atom. The molecular formula is C9H14. The largest absolute Gasteiger partial charge is 0.0995 e. The number of allylic oxidation sites excluding steroid dienone is 3. The van der Waals surface area contributed by atoms with E-state index < -0.39 is 0 Å². The van der Waals surface area contributed by atoms with Crippen LogP contribution in [-0.2, 0) is 0 Å². The molecule has 0 fully saturated rings. The van der Waals surface area contributed by atoms with E-state index in [1.165, 1.54) is 5.57 Å². The van der Waals surface area contributed by atoms with E-state index in [4.69, 9.17) is 0 Å². The molecule has 0 radical (unpaired) electrons. The molecule has 0 aromatic carbocycles. The first-order valence-corrected chi connectivity index (χ1v) is 3.44. The second kappa shape index (κ2) is 2.02. The minimum atomic E-state index is 0.370. The fourth-order valence-electron chi connectivity index (χ4n) is 1.32. The lowest BCUT2D eigenvalue weighted by Crippen LogP contribution is -2.11. The third-order valence-corrected chi connectivity index (χ3v) is 1.68. The van der Waals surface area contributed by atoms with E-state index >= 15 is 0 Å². The molecule has 1 aliphatic rings. The molecule has 0 unspecified atom stereocenters. The monoisotopic (exact) mass is 122 g/mol. The summed E-state index contributed by atoms with van der Waals surface area (Å²) in [5, 5.41) is 0. The Balaban J connectivity index is 2.71. The number of hydrogen-bond donors (Lipinski definition) is 0. The quantitative estimate of drug-likeness (QED) is 0.433. The van der Waals surface area contributed by atoms with E-state index in [-0.39, 0.29) is 0 Å². The molecule has 0 aromatic heterocycles. The first-order valence-electron chi connectivity index (χ1n) is 3.44. The molecule has 0 amide bonds. The summed E-state index contributed by atoms with van der Waals surface area (Å²) in [4.78, 5) is 0. The van der Waals surface area contributed by atoms with Crippen molar-refractivity contribution in [2.45, 2.75) is 26.7 Å². The number of hydrogen-bond acceptors (Lipinski definition) is 0. The van der Waals surface area contributed by atoms with Crippen LogP contribution >= 0.6 is 0 Å². The summed E-state index contributed by atoms with van der Waals surface area (Å²) < 4.78 is 0. The predicted octanol–water partition coefficient (Wildman–Crippen LogP) is 2.92. The van der Waals surface area contributed by atoms with Gasteiger partial charge in [-0.05, 0) is 18.3 Å². The van der Waals surface area contributed by atoms with Crippen molar-refractivity contribution in [1.82, 2.24) is 0 Å². The Kier molecular flexibility index (Phi) is 1.48. The molecule has 0 nitrogen and oxygen atoms in total. The maximum atomic E-state index is 3.96. The van der Waals surface area contributed by atoms with Crippen LogP contribution in [0.2, 0.25) is 0 Å². The lowest BCUT2D eigenvalue weighted by atomic mass is 9.81. The van der Waals surface area contributed by atoms with Crippen LogP contribution < -0.4 is 0 Å². The van der Waals surface area contributed by atoms with Gasteiger partial charge in [0, 0.05) is 0 Å². The maximum Gasteiger partial charge on any atom is -0.0138 e. The molecule has 0 spiro atoms. The normalized spacial score (nSPS) is 24.4. The van der Waals surface area contributed by atoms with Gasteiger partial charge in [-0.1, -0.05) is 38.2 Å². The van der Waals surface area contributed by atoms with Crippen molar-refractivity contribution < 1.29 is 0 Å². The molecule has 0 aliphatic heterocycles. The van der Waals surface area contributed by atoms with E-state index in [2.05, 4.69) is 32.6 Å². The molecule has 1 rings (SSSR count). The van der Waals surface area contributed by atoms with E-state index in [0.717, 1.165) is 12.8 Å². The summed E-state index contributed by atoms with van der Waals surface area (Å²) in [5.74, 6) is 0. The molecular weight excluding hydrogens is 108 g/mol. The van der Waals surface area contributed by atoms with E-state index in [0.29, 0.717) is 5.41 Å². The fourth-order valence-corrected chi connectivity index (χ4v) is 1.32. The predicted molar refractivity (Wildman–Crippen MR) is 41.3 cm³/mol. The summed E-state index contributed by atoms with van der Waals surface area (Å²) in [6, 6.07) is 0. The zero-order chi connectivity index (χ0) is 6.91. The molecule has 0 heteroatoms. The van der Waals surface area contributed by atoms with Gasteiger partial charge in [-0.2, -0.15) is 0 Å². The van der Waals surface area contributed by atoms with Gasteiger partial charge >= 0.3 is 0 Å². The lowest BCUT2D eigenvalue weighted by molar-refractivity contribution is 0.459. The summed E-state index contributed by atoms with van der Waals surface area (Å²) >= 11 is 0. The highest BCUT2D eigenvalue weighted by Crippen LogP contribution is 2.31. The maximum absolute atomic E-state index is 3.96. The third-order valence-electron chi connectivity index (χ3n) is 1.68. The standard InChI is InChI=1S/C9H14/c1-8-5-4-6-9(2,3)7-8/h4,6H,1,5,7H2,2-3H3. The molecule has 9 heavy (non-hydrogen) atoms. The number of rotatable bonds is 0. The van der Waals surface area contributed by atoms with Gasteiger partial charge in [0.25, 0.3) is 0 Å². The van der Waals surface area contributed by atoms with Crippen molar-refractivity contribution in [2.75, 3.05) is 0 Å². The Bertz CT molecular complexity index is 149. The van der Waals surface area contributed by atoms with E-state index in [9.17, 15) is 0 Å². The molecule has 0 bridgehead atoms. The highest BCUT2D eigenvalue weighted by atomic mass is 14.2. The zero-order valence-corrected chi connectivity index (χ0v) is 6.28. The Hall–Kier alpha value is -0.520. The second-order valence-electron chi connectivity index (χ2n) is 3.52. The van der Waals surface area contributed by atoms with Crippen molar-refractivity contribution in [2.24, 2.45) is 5.41 Å². The van der Waals surface area contributed by atoms with Gasteiger partial charge in [0.2, 0.25) is 0 Å². The van der Waals surface area contributed by atoms with Gasteiger partial charge in [-0.25, -0.2) is 0 Å². The summed E-state index contributed by atoms with van der Waals surface area (Å²) in [5.41, 5.74) is 1.73. The zero-order valence-electron chi connectivity index (χ0n) is 6.28. The SMILES string of the molecule is C=C1CC=CC(C)(C)C1. The Morgan fingerprint density at radius 3 is 2.56 bits per heavy atom. The van der Waals surface area contributed by atoms with Crippen molar-refractivity contribution in [3.05, 3.63) is 24.3 Å². The van der Waals surface area contributed by atoms with Crippen molar-refractivity contribution in [3.8, 4) is 0 Å². The molecule has 0 saturated heterocycles. The van der Waals surface area contributed by atoms with Crippen LogP contribution in [0.15, 0.2) is 24.3 Å². The van der Waals surface area contributed by atoms with E-state index in [1.807, 2.05) is 0 Å². The van der Waals surface area contributed by atoms with Gasteiger partial charge in [0.15, 0.2) is 0 Å². The molecule has 0 N–H and O–H groups in total. The van der Waals surface area contributed by atoms with Crippen LogP contribution in [0.1, 0.15) is 26.7 Å². The van der Waals surface area contributed by atoms with Crippen LogP contribution in [0.25, 0.3) is 0 Å². The van der Waals surface area contributed by atoms with Crippen LogP contribution in [0.3, 0.4) is 0 Å². The Morgan fingerprint density at radius 2 is 2.22 bits per heavy atom. The fraction of sp³-hybridized carbons (Fsp3) is 0.556. The van der Waals surface area contributed by atoms with Gasteiger partial charge in [-0.3, -0.25) is 0 Å². The van der Waals surface area contributed by atoms with E-state index in [1.54, 1.807) is 0 Å². The van der Waals surface area contributed by atoms with Gasteiger partial charge < -0.3 is 0 Å². The van der Waals surface area contributed by atoms with Gasteiger partial charge in [0.05, 0.1) is 0 Å².